The van der Waals surface area contributed by atoms with Gasteiger partial charge in [0.25, 0.3) is 5.91 Å². The summed E-state index contributed by atoms with van der Waals surface area (Å²) in [4.78, 5) is 24.2. The Kier molecular flexibility index (Phi) is 6.85. The first-order valence-electron chi connectivity index (χ1n) is 9.57. The van der Waals surface area contributed by atoms with Gasteiger partial charge < -0.3 is 19.8 Å². The lowest BCUT2D eigenvalue weighted by Gasteiger charge is -2.08. The van der Waals surface area contributed by atoms with Crippen molar-refractivity contribution in [3.05, 3.63) is 78.0 Å². The van der Waals surface area contributed by atoms with E-state index < -0.39 is 5.91 Å². The van der Waals surface area contributed by atoms with Crippen LogP contribution in [-0.4, -0.2) is 11.8 Å². The van der Waals surface area contributed by atoms with Gasteiger partial charge in [-0.05, 0) is 66.6 Å². The van der Waals surface area contributed by atoms with Crippen molar-refractivity contribution < 1.29 is 23.1 Å². The van der Waals surface area contributed by atoms with Crippen LogP contribution in [-0.2, 0) is 11.4 Å². The highest BCUT2D eigenvalue weighted by Crippen LogP contribution is 2.18. The first kappa shape index (κ1) is 21.1. The van der Waals surface area contributed by atoms with Gasteiger partial charge in [0.05, 0.1) is 0 Å². The summed E-state index contributed by atoms with van der Waals surface area (Å²) in [6.45, 7) is 4.07. The van der Waals surface area contributed by atoms with E-state index in [-0.39, 0.29) is 30.0 Å². The molecular formula is C23H23FN2O4. The molecule has 0 spiro atoms. The van der Waals surface area contributed by atoms with E-state index >= 15 is 0 Å². The minimum absolute atomic E-state index is 0.0484. The van der Waals surface area contributed by atoms with Crippen LogP contribution in [0.25, 0.3) is 0 Å². The molecule has 0 aliphatic heterocycles. The highest BCUT2D eigenvalue weighted by Gasteiger charge is 2.12. The van der Waals surface area contributed by atoms with E-state index in [4.69, 9.17) is 9.15 Å². The van der Waals surface area contributed by atoms with Crippen LogP contribution in [0.4, 0.5) is 15.8 Å². The van der Waals surface area contributed by atoms with Crippen LogP contribution in [0.5, 0.6) is 5.75 Å². The maximum absolute atomic E-state index is 12.9. The zero-order valence-corrected chi connectivity index (χ0v) is 16.8. The van der Waals surface area contributed by atoms with Crippen LogP contribution in [0.2, 0.25) is 0 Å². The number of carbonyl (C=O) groups excluding carboxylic acids is 2. The third-order valence-electron chi connectivity index (χ3n) is 4.10. The molecule has 156 valence electrons. The summed E-state index contributed by atoms with van der Waals surface area (Å²) >= 11 is 0. The largest absolute Gasteiger partial charge is 0.486 e. The van der Waals surface area contributed by atoms with Crippen molar-refractivity contribution in [3.63, 3.8) is 0 Å². The molecule has 1 heterocycles. The molecule has 1 aromatic heterocycles. The lowest BCUT2D eigenvalue weighted by molar-refractivity contribution is -0.116. The summed E-state index contributed by atoms with van der Waals surface area (Å²) in [5.41, 5.74) is 1.24. The minimum atomic E-state index is -0.403. The van der Waals surface area contributed by atoms with E-state index in [1.165, 1.54) is 24.3 Å². The molecular weight excluding hydrogens is 387 g/mol. The summed E-state index contributed by atoms with van der Waals surface area (Å²) in [6, 6.07) is 15.7. The molecule has 0 fully saturated rings. The normalized spacial score (nSPS) is 10.7. The Balaban J connectivity index is 1.52. The molecule has 2 aromatic carbocycles. The van der Waals surface area contributed by atoms with Crippen molar-refractivity contribution in [2.24, 2.45) is 5.92 Å². The number of hydrogen-bond acceptors (Lipinski definition) is 4. The molecule has 30 heavy (non-hydrogen) atoms. The maximum Gasteiger partial charge on any atom is 0.291 e. The molecule has 0 radical (unpaired) electrons. The molecule has 0 atom stereocenters. The fraction of sp³-hybridized carbons (Fsp3) is 0.217. The monoisotopic (exact) mass is 410 g/mol. The van der Waals surface area contributed by atoms with E-state index in [9.17, 15) is 14.0 Å². The SMILES string of the molecule is CC(C)CC(=O)Nc1ccc(NC(=O)c2ccc(COc3ccc(F)cc3)o2)cc1. The zero-order chi connectivity index (χ0) is 21.5. The molecule has 6 nitrogen and oxygen atoms in total. The van der Waals surface area contributed by atoms with E-state index in [1.807, 2.05) is 13.8 Å². The summed E-state index contributed by atoms with van der Waals surface area (Å²) < 4.78 is 23.9. The Labute approximate surface area is 174 Å². The van der Waals surface area contributed by atoms with Gasteiger partial charge in [-0.2, -0.15) is 0 Å². The molecule has 3 aromatic rings. The first-order valence-corrected chi connectivity index (χ1v) is 9.57. The second-order valence-corrected chi connectivity index (χ2v) is 7.19. The van der Waals surface area contributed by atoms with Crippen molar-refractivity contribution in [2.45, 2.75) is 26.9 Å². The quantitative estimate of drug-likeness (QED) is 0.533. The minimum Gasteiger partial charge on any atom is -0.486 e. The third kappa shape index (κ3) is 6.20. The highest BCUT2D eigenvalue weighted by atomic mass is 19.1. The van der Waals surface area contributed by atoms with Gasteiger partial charge in [-0.1, -0.05) is 13.8 Å². The summed E-state index contributed by atoms with van der Waals surface area (Å²) in [5.74, 6) is 0.592. The Bertz CT molecular complexity index is 995. The standard InChI is InChI=1S/C23H23FN2O4/c1-15(2)13-22(27)25-17-5-7-18(8-6-17)26-23(28)21-12-11-20(30-21)14-29-19-9-3-16(24)4-10-19/h3-12,15H,13-14H2,1-2H3,(H,25,27)(H,26,28). The number of amides is 2. The van der Waals surface area contributed by atoms with Gasteiger partial charge in [0, 0.05) is 17.8 Å². The van der Waals surface area contributed by atoms with E-state index in [0.29, 0.717) is 29.3 Å². The molecule has 3 rings (SSSR count). The molecule has 7 heteroatoms. The number of ether oxygens (including phenoxy) is 1. The number of rotatable bonds is 8. The fourth-order valence-electron chi connectivity index (χ4n) is 2.68. The van der Waals surface area contributed by atoms with Gasteiger partial charge in [0.2, 0.25) is 5.91 Å². The molecule has 0 aliphatic rings. The zero-order valence-electron chi connectivity index (χ0n) is 16.8. The van der Waals surface area contributed by atoms with Crippen molar-refractivity contribution in [1.29, 1.82) is 0 Å². The van der Waals surface area contributed by atoms with Crippen LogP contribution in [0, 0.1) is 11.7 Å². The van der Waals surface area contributed by atoms with Crippen molar-refractivity contribution in [1.82, 2.24) is 0 Å². The molecule has 0 unspecified atom stereocenters. The third-order valence-corrected chi connectivity index (χ3v) is 4.10. The average molecular weight is 410 g/mol. The summed E-state index contributed by atoms with van der Waals surface area (Å²) in [6.07, 6.45) is 0.449. The predicted octanol–water partition coefficient (Wildman–Crippen LogP) is 5.23. The second kappa shape index (κ2) is 9.73. The van der Waals surface area contributed by atoms with E-state index in [0.717, 1.165) is 0 Å². The number of benzene rings is 2. The topological polar surface area (TPSA) is 80.6 Å². The van der Waals surface area contributed by atoms with Gasteiger partial charge in [0.1, 0.15) is 23.9 Å². The summed E-state index contributed by atoms with van der Waals surface area (Å²) in [5, 5.41) is 5.55. The first-order chi connectivity index (χ1) is 14.4. The Morgan fingerprint density at radius 2 is 1.57 bits per heavy atom. The van der Waals surface area contributed by atoms with Crippen LogP contribution in [0.3, 0.4) is 0 Å². The fourth-order valence-corrected chi connectivity index (χ4v) is 2.68. The number of hydrogen-bond donors (Lipinski definition) is 2. The highest BCUT2D eigenvalue weighted by molar-refractivity contribution is 6.02. The Morgan fingerprint density at radius 1 is 0.933 bits per heavy atom. The number of nitrogens with one attached hydrogen (secondary N) is 2. The van der Waals surface area contributed by atoms with Crippen molar-refractivity contribution in [3.8, 4) is 5.75 Å². The molecule has 0 saturated carbocycles. The second-order valence-electron chi connectivity index (χ2n) is 7.19. The average Bonchev–Trinajstić information content (AvgIpc) is 3.18. The number of carbonyl (C=O) groups is 2. The molecule has 0 aliphatic carbocycles. The van der Waals surface area contributed by atoms with Gasteiger partial charge in [-0.15, -0.1) is 0 Å². The van der Waals surface area contributed by atoms with Crippen LogP contribution in [0.1, 0.15) is 36.6 Å². The predicted molar refractivity (Wildman–Crippen MR) is 112 cm³/mol. The van der Waals surface area contributed by atoms with Gasteiger partial charge in [0.15, 0.2) is 5.76 Å². The van der Waals surface area contributed by atoms with Gasteiger partial charge in [-0.3, -0.25) is 9.59 Å². The van der Waals surface area contributed by atoms with Crippen LogP contribution < -0.4 is 15.4 Å². The van der Waals surface area contributed by atoms with Crippen LogP contribution >= 0.6 is 0 Å². The number of anilines is 2. The Morgan fingerprint density at radius 3 is 2.20 bits per heavy atom. The van der Waals surface area contributed by atoms with E-state index in [1.54, 1.807) is 36.4 Å². The van der Waals surface area contributed by atoms with Crippen molar-refractivity contribution in [2.75, 3.05) is 10.6 Å². The summed E-state index contributed by atoms with van der Waals surface area (Å²) in [7, 11) is 0. The molecule has 0 saturated heterocycles. The lowest BCUT2D eigenvalue weighted by Crippen LogP contribution is -2.14. The lowest BCUT2D eigenvalue weighted by atomic mass is 10.1. The smallest absolute Gasteiger partial charge is 0.291 e. The van der Waals surface area contributed by atoms with Gasteiger partial charge in [-0.25, -0.2) is 4.39 Å². The van der Waals surface area contributed by atoms with Crippen molar-refractivity contribution >= 4 is 23.2 Å². The number of furan rings is 1. The number of halogens is 1. The van der Waals surface area contributed by atoms with Crippen LogP contribution in [0.15, 0.2) is 65.1 Å². The molecule has 2 amide bonds. The van der Waals surface area contributed by atoms with Gasteiger partial charge >= 0.3 is 0 Å². The van der Waals surface area contributed by atoms with E-state index in [2.05, 4.69) is 10.6 Å². The molecule has 2 N–H and O–H groups in total. The molecule has 0 bridgehead atoms. The Hall–Kier alpha value is -3.61. The maximum atomic E-state index is 12.9.